The van der Waals surface area contributed by atoms with E-state index in [-0.39, 0.29) is 0 Å². The minimum Gasteiger partial charge on any atom is -0.496 e. The van der Waals surface area contributed by atoms with Crippen molar-refractivity contribution in [2.24, 2.45) is 0 Å². The van der Waals surface area contributed by atoms with Crippen molar-refractivity contribution in [2.45, 2.75) is 6.61 Å². The molecule has 0 saturated carbocycles. The van der Waals surface area contributed by atoms with Crippen molar-refractivity contribution in [1.82, 2.24) is 9.97 Å². The third-order valence-corrected chi connectivity index (χ3v) is 3.14. The molecule has 104 valence electrons. The van der Waals surface area contributed by atoms with Crippen molar-refractivity contribution in [3.63, 3.8) is 0 Å². The molecule has 0 amide bonds. The Kier molecular flexibility index (Phi) is 3.78. The lowest BCUT2D eigenvalue weighted by Gasteiger charge is -2.02. The van der Waals surface area contributed by atoms with E-state index in [9.17, 15) is 0 Å². The predicted molar refractivity (Wildman–Crippen MR) is 84.2 cm³/mol. The molecule has 0 spiro atoms. The topological polar surface area (TPSA) is 61.0 Å². The number of ether oxygens (including phenoxy) is 1. The maximum atomic E-state index is 5.85. The largest absolute Gasteiger partial charge is 0.496 e. The molecule has 0 aliphatic heterocycles. The smallest absolute Gasteiger partial charge is 0.134 e. The first-order chi connectivity index (χ1) is 10.3. The zero-order valence-electron chi connectivity index (χ0n) is 11.4. The molecule has 4 heteroatoms. The lowest BCUT2D eigenvalue weighted by Crippen LogP contribution is -1.93. The van der Waals surface area contributed by atoms with Gasteiger partial charge in [0.2, 0.25) is 0 Å². The lowest BCUT2D eigenvalue weighted by atomic mass is 10.1. The second-order valence-electron chi connectivity index (χ2n) is 4.63. The second kappa shape index (κ2) is 6.05. The fourth-order valence-electron chi connectivity index (χ4n) is 2.04. The molecule has 3 aromatic rings. The summed E-state index contributed by atoms with van der Waals surface area (Å²) >= 11 is 0. The van der Waals surface area contributed by atoms with Gasteiger partial charge in [-0.1, -0.05) is 36.4 Å². The van der Waals surface area contributed by atoms with E-state index in [1.54, 1.807) is 6.26 Å². The van der Waals surface area contributed by atoms with Crippen LogP contribution in [0.4, 0.5) is 5.82 Å². The molecule has 21 heavy (non-hydrogen) atoms. The highest BCUT2D eigenvalue weighted by Gasteiger charge is 2.00. The van der Waals surface area contributed by atoms with E-state index < -0.39 is 0 Å². The van der Waals surface area contributed by atoms with Gasteiger partial charge in [-0.2, -0.15) is 0 Å². The Balaban J connectivity index is 1.70. The molecule has 1 aromatic heterocycles. The summed E-state index contributed by atoms with van der Waals surface area (Å²) in [6.07, 6.45) is 5.05. The first-order valence-corrected chi connectivity index (χ1v) is 6.65. The molecule has 0 aliphatic rings. The molecule has 0 aliphatic carbocycles. The van der Waals surface area contributed by atoms with Crippen LogP contribution in [0.25, 0.3) is 17.0 Å². The quantitative estimate of drug-likeness (QED) is 0.742. The number of nitrogens with two attached hydrogens (primary N) is 1. The van der Waals surface area contributed by atoms with Gasteiger partial charge in [0.1, 0.15) is 18.8 Å². The van der Waals surface area contributed by atoms with E-state index in [0.717, 1.165) is 22.0 Å². The summed E-state index contributed by atoms with van der Waals surface area (Å²) in [5, 5.41) is 0.850. The van der Waals surface area contributed by atoms with Crippen LogP contribution < -0.4 is 5.73 Å². The Morgan fingerprint density at radius 1 is 1.05 bits per heavy atom. The van der Waals surface area contributed by atoms with Crippen LogP contribution in [-0.4, -0.2) is 9.97 Å². The summed E-state index contributed by atoms with van der Waals surface area (Å²) in [6.45, 7) is 0.552. The Labute approximate surface area is 122 Å². The van der Waals surface area contributed by atoms with Crippen LogP contribution in [0.1, 0.15) is 11.1 Å². The number of aromatic nitrogens is 2. The van der Waals surface area contributed by atoms with Gasteiger partial charge in [0.15, 0.2) is 0 Å². The molecule has 0 unspecified atom stereocenters. The van der Waals surface area contributed by atoms with Gasteiger partial charge in [-0.25, -0.2) is 9.97 Å². The maximum absolute atomic E-state index is 5.85. The van der Waals surface area contributed by atoms with Crippen LogP contribution >= 0.6 is 0 Å². The molecule has 0 radical (unpaired) electrons. The number of fused-ring (bicyclic) bond motifs is 1. The minimum absolute atomic E-state index is 0.487. The summed E-state index contributed by atoms with van der Waals surface area (Å²) < 4.78 is 5.52. The van der Waals surface area contributed by atoms with Crippen LogP contribution in [0.5, 0.6) is 0 Å². The van der Waals surface area contributed by atoms with Gasteiger partial charge < -0.3 is 10.5 Å². The van der Waals surface area contributed by atoms with E-state index in [0.29, 0.717) is 12.4 Å². The highest BCUT2D eigenvalue weighted by molar-refractivity contribution is 5.89. The molecule has 0 saturated heterocycles. The predicted octanol–water partition coefficient (Wildman–Crippen LogP) is 3.40. The van der Waals surface area contributed by atoms with E-state index in [1.807, 2.05) is 54.6 Å². The zero-order chi connectivity index (χ0) is 14.5. The van der Waals surface area contributed by atoms with Crippen LogP contribution in [0.2, 0.25) is 0 Å². The molecular weight excluding hydrogens is 262 g/mol. The molecule has 3 rings (SSSR count). The molecule has 0 fully saturated rings. The Bertz CT molecular complexity index is 769. The SMILES string of the molecule is Nc1ncnc2ccc(C=COCc3ccccc3)cc12. The van der Waals surface area contributed by atoms with E-state index in [2.05, 4.69) is 9.97 Å². The van der Waals surface area contributed by atoms with Gasteiger partial charge in [-0.05, 0) is 29.3 Å². The van der Waals surface area contributed by atoms with Gasteiger partial charge in [0, 0.05) is 5.39 Å². The van der Waals surface area contributed by atoms with Crippen molar-refractivity contribution >= 4 is 22.8 Å². The third kappa shape index (κ3) is 3.17. The molecule has 1 heterocycles. The normalized spacial score (nSPS) is 11.0. The van der Waals surface area contributed by atoms with Gasteiger partial charge >= 0.3 is 0 Å². The van der Waals surface area contributed by atoms with Crippen molar-refractivity contribution in [3.05, 3.63) is 72.2 Å². The monoisotopic (exact) mass is 277 g/mol. The molecule has 2 aromatic carbocycles. The van der Waals surface area contributed by atoms with Crippen LogP contribution in [0.3, 0.4) is 0 Å². The summed E-state index contributed by atoms with van der Waals surface area (Å²) in [6, 6.07) is 15.9. The summed E-state index contributed by atoms with van der Waals surface area (Å²) in [5.74, 6) is 0.487. The van der Waals surface area contributed by atoms with Crippen molar-refractivity contribution in [1.29, 1.82) is 0 Å². The number of hydrogen-bond donors (Lipinski definition) is 1. The van der Waals surface area contributed by atoms with Crippen molar-refractivity contribution in [3.8, 4) is 0 Å². The molecule has 4 nitrogen and oxygen atoms in total. The Morgan fingerprint density at radius 2 is 1.90 bits per heavy atom. The maximum Gasteiger partial charge on any atom is 0.134 e. The molecular formula is C17H15N3O. The molecule has 0 bridgehead atoms. The van der Waals surface area contributed by atoms with E-state index in [4.69, 9.17) is 10.5 Å². The van der Waals surface area contributed by atoms with Crippen molar-refractivity contribution in [2.75, 3.05) is 5.73 Å². The first-order valence-electron chi connectivity index (χ1n) is 6.65. The van der Waals surface area contributed by atoms with E-state index >= 15 is 0 Å². The number of benzene rings is 2. The Hall–Kier alpha value is -2.88. The number of hydrogen-bond acceptors (Lipinski definition) is 4. The minimum atomic E-state index is 0.487. The highest BCUT2D eigenvalue weighted by atomic mass is 16.5. The first kappa shape index (κ1) is 13.1. The zero-order valence-corrected chi connectivity index (χ0v) is 11.4. The van der Waals surface area contributed by atoms with Gasteiger partial charge in [0.25, 0.3) is 0 Å². The second-order valence-corrected chi connectivity index (χ2v) is 4.63. The fraction of sp³-hybridized carbons (Fsp3) is 0.0588. The average Bonchev–Trinajstić information content (AvgIpc) is 2.53. The number of nitrogen functional groups attached to an aromatic ring is 1. The number of nitrogens with zero attached hydrogens (tertiary/aromatic N) is 2. The van der Waals surface area contributed by atoms with Gasteiger partial charge in [-0.15, -0.1) is 0 Å². The standard InChI is InChI=1S/C17H15N3O/c18-17-15-10-13(6-7-16(15)19-12-20-17)8-9-21-11-14-4-2-1-3-5-14/h1-10,12H,11H2,(H2,18,19,20). The third-order valence-electron chi connectivity index (χ3n) is 3.14. The number of rotatable bonds is 4. The summed E-state index contributed by atoms with van der Waals surface area (Å²) in [7, 11) is 0. The van der Waals surface area contributed by atoms with Crippen LogP contribution in [-0.2, 0) is 11.3 Å². The fourth-order valence-corrected chi connectivity index (χ4v) is 2.04. The van der Waals surface area contributed by atoms with Crippen LogP contribution in [0.15, 0.2) is 61.1 Å². The van der Waals surface area contributed by atoms with Crippen LogP contribution in [0, 0.1) is 0 Å². The summed E-state index contributed by atoms with van der Waals surface area (Å²) in [4.78, 5) is 8.17. The molecule has 2 N–H and O–H groups in total. The van der Waals surface area contributed by atoms with Gasteiger partial charge in [-0.3, -0.25) is 0 Å². The average molecular weight is 277 g/mol. The summed E-state index contributed by atoms with van der Waals surface area (Å²) in [5.41, 5.74) is 8.82. The van der Waals surface area contributed by atoms with Crippen molar-refractivity contribution < 1.29 is 4.74 Å². The van der Waals surface area contributed by atoms with E-state index in [1.165, 1.54) is 6.33 Å². The van der Waals surface area contributed by atoms with Gasteiger partial charge in [0.05, 0.1) is 11.8 Å². The molecule has 0 atom stereocenters. The lowest BCUT2D eigenvalue weighted by molar-refractivity contribution is 0.239. The highest BCUT2D eigenvalue weighted by Crippen LogP contribution is 2.18. The Morgan fingerprint density at radius 3 is 2.76 bits per heavy atom. The number of anilines is 1.